The van der Waals surface area contributed by atoms with Crippen LogP contribution in [0, 0.1) is 0 Å². The van der Waals surface area contributed by atoms with Crippen LogP contribution in [0.5, 0.6) is 17.4 Å². The van der Waals surface area contributed by atoms with Gasteiger partial charge in [0.25, 0.3) is 0 Å². The Morgan fingerprint density at radius 1 is 1.45 bits per heavy atom. The Morgan fingerprint density at radius 3 is 3.20 bits per heavy atom. The molecule has 2 heterocycles. The third-order valence-electron chi connectivity index (χ3n) is 3.16. The number of rotatable bonds is 4. The van der Waals surface area contributed by atoms with Gasteiger partial charge < -0.3 is 19.9 Å². The summed E-state index contributed by atoms with van der Waals surface area (Å²) in [4.78, 5) is 4.22. The summed E-state index contributed by atoms with van der Waals surface area (Å²) in [5.74, 6) is 1.51. The Balaban J connectivity index is 1.84. The van der Waals surface area contributed by atoms with Crippen molar-refractivity contribution in [1.29, 1.82) is 0 Å². The summed E-state index contributed by atoms with van der Waals surface area (Å²) >= 11 is 0. The highest BCUT2D eigenvalue weighted by molar-refractivity contribution is 5.56. The second kappa shape index (κ2) is 5.28. The zero-order valence-electron chi connectivity index (χ0n) is 11.2. The lowest BCUT2D eigenvalue weighted by Crippen LogP contribution is -2.13. The molecule has 20 heavy (non-hydrogen) atoms. The number of phenolic OH excluding ortho intramolecular Hbond substituents is 1. The Hall–Kier alpha value is -2.43. The molecular formula is C15H16N2O3. The lowest BCUT2D eigenvalue weighted by atomic mass is 10.1. The minimum absolute atomic E-state index is 0.0222. The lowest BCUT2D eigenvalue weighted by molar-refractivity contribution is 0.325. The van der Waals surface area contributed by atoms with Crippen molar-refractivity contribution in [3.8, 4) is 17.4 Å². The molecule has 1 unspecified atom stereocenters. The van der Waals surface area contributed by atoms with Gasteiger partial charge in [-0.15, -0.1) is 0 Å². The first-order valence-electron chi connectivity index (χ1n) is 6.58. The van der Waals surface area contributed by atoms with E-state index < -0.39 is 0 Å². The standard InChI is InChI=1S/C15H16N2O3/c1-2-19-15-12(4-3-7-16-15)17-13-9-20-14-8-10(18)5-6-11(13)14/h3-8,13,17-18H,2,9H2,1H3. The molecule has 1 aromatic heterocycles. The zero-order valence-corrected chi connectivity index (χ0v) is 11.2. The molecule has 0 spiro atoms. The average Bonchev–Trinajstić information content (AvgIpc) is 2.83. The van der Waals surface area contributed by atoms with Gasteiger partial charge in [-0.1, -0.05) is 0 Å². The van der Waals surface area contributed by atoms with Gasteiger partial charge >= 0.3 is 0 Å². The number of nitrogens with zero attached hydrogens (tertiary/aromatic N) is 1. The quantitative estimate of drug-likeness (QED) is 0.896. The number of aromatic hydroxyl groups is 1. The molecule has 1 aliphatic rings. The third-order valence-corrected chi connectivity index (χ3v) is 3.16. The van der Waals surface area contributed by atoms with Crippen molar-refractivity contribution in [2.45, 2.75) is 13.0 Å². The summed E-state index contributed by atoms with van der Waals surface area (Å²) in [5, 5.41) is 12.8. The van der Waals surface area contributed by atoms with E-state index in [9.17, 15) is 5.11 Å². The van der Waals surface area contributed by atoms with Gasteiger partial charge in [0.2, 0.25) is 5.88 Å². The van der Waals surface area contributed by atoms with Gasteiger partial charge in [0, 0.05) is 17.8 Å². The molecule has 0 amide bonds. The molecule has 0 saturated carbocycles. The van der Waals surface area contributed by atoms with Gasteiger partial charge in [-0.05, 0) is 31.2 Å². The first-order valence-corrected chi connectivity index (χ1v) is 6.58. The maximum atomic E-state index is 9.46. The van der Waals surface area contributed by atoms with Gasteiger partial charge in [0.1, 0.15) is 18.1 Å². The topological polar surface area (TPSA) is 63.6 Å². The molecule has 0 radical (unpaired) electrons. The van der Waals surface area contributed by atoms with Crippen LogP contribution in [0.15, 0.2) is 36.5 Å². The van der Waals surface area contributed by atoms with E-state index in [0.717, 1.165) is 11.3 Å². The molecule has 1 aromatic carbocycles. The van der Waals surface area contributed by atoms with Crippen LogP contribution < -0.4 is 14.8 Å². The molecule has 0 fully saturated rings. The van der Waals surface area contributed by atoms with Gasteiger partial charge in [-0.25, -0.2) is 4.98 Å². The number of nitrogens with one attached hydrogen (secondary N) is 1. The zero-order chi connectivity index (χ0) is 13.9. The lowest BCUT2D eigenvalue weighted by Gasteiger charge is -2.15. The second-order valence-corrected chi connectivity index (χ2v) is 4.52. The van der Waals surface area contributed by atoms with Crippen LogP contribution in [0.4, 0.5) is 5.69 Å². The van der Waals surface area contributed by atoms with Crippen molar-refractivity contribution < 1.29 is 14.6 Å². The van der Waals surface area contributed by atoms with Crippen LogP contribution in [-0.4, -0.2) is 23.3 Å². The molecular weight excluding hydrogens is 256 g/mol. The Bertz CT molecular complexity index is 616. The van der Waals surface area contributed by atoms with Crippen molar-refractivity contribution in [2.24, 2.45) is 0 Å². The highest BCUT2D eigenvalue weighted by atomic mass is 16.5. The van der Waals surface area contributed by atoms with E-state index in [1.807, 2.05) is 25.1 Å². The van der Waals surface area contributed by atoms with E-state index in [4.69, 9.17) is 9.47 Å². The first-order chi connectivity index (χ1) is 9.78. The van der Waals surface area contributed by atoms with E-state index >= 15 is 0 Å². The maximum absolute atomic E-state index is 9.46. The largest absolute Gasteiger partial charge is 0.508 e. The maximum Gasteiger partial charge on any atom is 0.237 e. The second-order valence-electron chi connectivity index (χ2n) is 4.52. The fourth-order valence-corrected chi connectivity index (χ4v) is 2.26. The molecule has 0 saturated heterocycles. The summed E-state index contributed by atoms with van der Waals surface area (Å²) in [5.41, 5.74) is 1.86. The van der Waals surface area contributed by atoms with Crippen molar-refractivity contribution in [3.05, 3.63) is 42.1 Å². The monoisotopic (exact) mass is 272 g/mol. The van der Waals surface area contributed by atoms with Crippen molar-refractivity contribution >= 4 is 5.69 Å². The van der Waals surface area contributed by atoms with Gasteiger partial charge in [-0.2, -0.15) is 0 Å². The van der Waals surface area contributed by atoms with Crippen molar-refractivity contribution in [2.75, 3.05) is 18.5 Å². The molecule has 2 N–H and O–H groups in total. The molecule has 104 valence electrons. The van der Waals surface area contributed by atoms with Crippen molar-refractivity contribution in [1.82, 2.24) is 4.98 Å². The van der Waals surface area contributed by atoms with E-state index in [-0.39, 0.29) is 11.8 Å². The number of hydrogen-bond acceptors (Lipinski definition) is 5. The highest BCUT2D eigenvalue weighted by Gasteiger charge is 2.25. The van der Waals surface area contributed by atoms with Crippen LogP contribution >= 0.6 is 0 Å². The number of aromatic nitrogens is 1. The molecule has 0 aliphatic carbocycles. The summed E-state index contributed by atoms with van der Waals surface area (Å²) in [6, 6.07) is 8.97. The van der Waals surface area contributed by atoms with E-state index in [0.29, 0.717) is 24.8 Å². The van der Waals surface area contributed by atoms with Crippen LogP contribution in [0.2, 0.25) is 0 Å². The van der Waals surface area contributed by atoms with Gasteiger partial charge in [0.05, 0.1) is 18.3 Å². The van der Waals surface area contributed by atoms with Crippen molar-refractivity contribution in [3.63, 3.8) is 0 Å². The summed E-state index contributed by atoms with van der Waals surface area (Å²) in [6.07, 6.45) is 1.70. The first kappa shape index (κ1) is 12.6. The molecule has 3 rings (SSSR count). The molecule has 5 heteroatoms. The fraction of sp³-hybridized carbons (Fsp3) is 0.267. The van der Waals surface area contributed by atoms with Gasteiger partial charge in [0.15, 0.2) is 0 Å². The Kier molecular flexibility index (Phi) is 3.33. The number of pyridine rings is 1. The predicted molar refractivity (Wildman–Crippen MR) is 75.4 cm³/mol. The number of hydrogen-bond donors (Lipinski definition) is 2. The number of phenols is 1. The number of fused-ring (bicyclic) bond motifs is 1. The molecule has 5 nitrogen and oxygen atoms in total. The van der Waals surface area contributed by atoms with Crippen LogP contribution in [-0.2, 0) is 0 Å². The molecule has 1 atom stereocenters. The molecule has 1 aliphatic heterocycles. The SMILES string of the molecule is CCOc1ncccc1NC1COc2cc(O)ccc21. The number of anilines is 1. The highest BCUT2D eigenvalue weighted by Crippen LogP contribution is 2.37. The van der Waals surface area contributed by atoms with Crippen LogP contribution in [0.1, 0.15) is 18.5 Å². The summed E-state index contributed by atoms with van der Waals surface area (Å²) in [6.45, 7) is 3.01. The Labute approximate surface area is 117 Å². The van der Waals surface area contributed by atoms with Crippen LogP contribution in [0.3, 0.4) is 0 Å². The Morgan fingerprint density at radius 2 is 2.35 bits per heavy atom. The van der Waals surface area contributed by atoms with E-state index in [2.05, 4.69) is 10.3 Å². The predicted octanol–water partition coefficient (Wildman–Crippen LogP) is 2.73. The molecule has 0 bridgehead atoms. The fourth-order valence-electron chi connectivity index (χ4n) is 2.26. The smallest absolute Gasteiger partial charge is 0.237 e. The van der Waals surface area contributed by atoms with E-state index in [1.165, 1.54) is 0 Å². The van der Waals surface area contributed by atoms with Gasteiger partial charge in [-0.3, -0.25) is 0 Å². The average molecular weight is 272 g/mol. The van der Waals surface area contributed by atoms with Crippen LogP contribution in [0.25, 0.3) is 0 Å². The summed E-state index contributed by atoms with van der Waals surface area (Å²) < 4.78 is 11.1. The third kappa shape index (κ3) is 2.34. The molecule has 2 aromatic rings. The minimum Gasteiger partial charge on any atom is -0.508 e. The summed E-state index contributed by atoms with van der Waals surface area (Å²) in [7, 11) is 0. The number of benzene rings is 1. The minimum atomic E-state index is 0.0222. The number of ether oxygens (including phenoxy) is 2. The van der Waals surface area contributed by atoms with E-state index in [1.54, 1.807) is 18.3 Å². The normalized spacial score (nSPS) is 16.4.